The van der Waals surface area contributed by atoms with E-state index in [4.69, 9.17) is 0 Å². The first-order valence-electron chi connectivity index (χ1n) is 8.18. The number of benzene rings is 1. The Balaban J connectivity index is 1.65. The summed E-state index contributed by atoms with van der Waals surface area (Å²) in [5, 5.41) is 1.02. The second kappa shape index (κ2) is 7.25. The fraction of sp³-hybridized carbons (Fsp3) is 0.444. The Labute approximate surface area is 148 Å². The summed E-state index contributed by atoms with van der Waals surface area (Å²) in [5.74, 6) is -0.238. The number of hydrogen-bond acceptors (Lipinski definition) is 4. The quantitative estimate of drug-likeness (QED) is 0.742. The van der Waals surface area contributed by atoms with Gasteiger partial charge in [-0.25, -0.2) is 4.98 Å². The Morgan fingerprint density at radius 2 is 2.04 bits per heavy atom. The zero-order valence-electron chi connectivity index (χ0n) is 13.8. The summed E-state index contributed by atoms with van der Waals surface area (Å²) in [4.78, 5) is 20.3. The topological polar surface area (TPSA) is 33.2 Å². The highest BCUT2D eigenvalue weighted by Crippen LogP contribution is 2.30. The predicted octanol–water partition coefficient (Wildman–Crippen LogP) is 4.57. The average molecular weight is 368 g/mol. The van der Waals surface area contributed by atoms with E-state index in [0.717, 1.165) is 43.1 Å². The Bertz CT molecular complexity index is 740. The molecule has 0 radical (unpaired) electrons. The molecule has 0 amide bonds. The number of halogens is 3. The molecule has 1 fully saturated rings. The summed E-state index contributed by atoms with van der Waals surface area (Å²) >= 11 is 1.65. The molecule has 0 spiro atoms. The predicted molar refractivity (Wildman–Crippen MR) is 90.6 cm³/mol. The van der Waals surface area contributed by atoms with Crippen LogP contribution >= 0.6 is 11.3 Å². The van der Waals surface area contributed by atoms with Crippen LogP contribution < -0.4 is 0 Å². The van der Waals surface area contributed by atoms with Gasteiger partial charge in [0.05, 0.1) is 10.6 Å². The molecule has 1 aromatic heterocycles. The molecule has 1 saturated heterocycles. The Morgan fingerprint density at radius 1 is 1.32 bits per heavy atom. The van der Waals surface area contributed by atoms with Gasteiger partial charge in [-0.15, -0.1) is 11.3 Å². The highest BCUT2D eigenvalue weighted by molar-refractivity contribution is 7.11. The number of rotatable bonds is 4. The van der Waals surface area contributed by atoms with Crippen LogP contribution in [0.25, 0.3) is 0 Å². The number of nitrogens with zero attached hydrogens (tertiary/aromatic N) is 2. The lowest BCUT2D eigenvalue weighted by Crippen LogP contribution is -2.38. The van der Waals surface area contributed by atoms with Gasteiger partial charge >= 0.3 is 6.18 Å². The Kier molecular flexibility index (Phi) is 5.24. The third kappa shape index (κ3) is 4.46. The van der Waals surface area contributed by atoms with E-state index in [1.807, 2.05) is 13.1 Å². The van der Waals surface area contributed by atoms with Gasteiger partial charge in [0.1, 0.15) is 0 Å². The zero-order valence-corrected chi connectivity index (χ0v) is 14.7. The van der Waals surface area contributed by atoms with Gasteiger partial charge < -0.3 is 0 Å². The van der Waals surface area contributed by atoms with E-state index in [2.05, 4.69) is 9.88 Å². The maximum Gasteiger partial charge on any atom is 0.416 e. The van der Waals surface area contributed by atoms with Crippen molar-refractivity contribution in [3.8, 4) is 0 Å². The van der Waals surface area contributed by atoms with Crippen LogP contribution in [0.15, 0.2) is 30.5 Å². The number of likely N-dealkylation sites (tertiary alicyclic amines) is 1. The van der Waals surface area contributed by atoms with Gasteiger partial charge in [-0.2, -0.15) is 13.2 Å². The summed E-state index contributed by atoms with van der Waals surface area (Å²) in [7, 11) is 0. The summed E-state index contributed by atoms with van der Waals surface area (Å²) in [6.45, 7) is 4.29. The molecular formula is C18H19F3N2OS. The summed E-state index contributed by atoms with van der Waals surface area (Å²) in [5.41, 5.74) is -0.372. The second-order valence-electron chi connectivity index (χ2n) is 6.36. The van der Waals surface area contributed by atoms with Crippen LogP contribution in [0.5, 0.6) is 0 Å². The molecule has 1 aliphatic rings. The number of aromatic nitrogens is 1. The normalized spacial score (nSPS) is 19.1. The number of ketones is 1. The highest BCUT2D eigenvalue weighted by Gasteiger charge is 2.31. The van der Waals surface area contributed by atoms with E-state index < -0.39 is 11.7 Å². The number of carbonyl (C=O) groups excluding carboxylic acids is 1. The van der Waals surface area contributed by atoms with Crippen LogP contribution in [0.2, 0.25) is 0 Å². The molecule has 2 heterocycles. The average Bonchev–Trinajstić information content (AvgIpc) is 2.98. The summed E-state index contributed by atoms with van der Waals surface area (Å²) in [6, 6.07) is 4.54. The van der Waals surface area contributed by atoms with Crippen molar-refractivity contribution in [1.82, 2.24) is 9.88 Å². The molecule has 3 nitrogen and oxygen atoms in total. The molecule has 1 unspecified atom stereocenters. The molecule has 0 aliphatic carbocycles. The van der Waals surface area contributed by atoms with Crippen molar-refractivity contribution in [2.24, 2.45) is 5.92 Å². The number of aryl methyl sites for hydroxylation is 1. The minimum atomic E-state index is -4.38. The van der Waals surface area contributed by atoms with Gasteiger partial charge in [0.2, 0.25) is 0 Å². The second-order valence-corrected chi connectivity index (χ2v) is 7.68. The largest absolute Gasteiger partial charge is 0.416 e. The summed E-state index contributed by atoms with van der Waals surface area (Å²) in [6.07, 6.45) is -0.829. The van der Waals surface area contributed by atoms with Crippen molar-refractivity contribution in [2.45, 2.75) is 32.5 Å². The molecule has 0 bridgehead atoms. The molecule has 0 N–H and O–H groups in total. The van der Waals surface area contributed by atoms with E-state index in [1.54, 1.807) is 11.3 Å². The van der Waals surface area contributed by atoms with E-state index in [1.165, 1.54) is 17.0 Å². The molecule has 1 aromatic carbocycles. The van der Waals surface area contributed by atoms with Gasteiger partial charge in [-0.3, -0.25) is 9.69 Å². The standard InChI is InChI=1S/C18H19F3N2OS/c1-12-22-9-16(25-12)11-23-8-2-3-14(10-23)17(24)13-4-6-15(7-5-13)18(19,20)21/h4-7,9,14H,2-3,8,10-11H2,1H3. The van der Waals surface area contributed by atoms with Crippen molar-refractivity contribution < 1.29 is 18.0 Å². The van der Waals surface area contributed by atoms with Crippen LogP contribution in [-0.2, 0) is 12.7 Å². The van der Waals surface area contributed by atoms with Gasteiger partial charge in [0.25, 0.3) is 0 Å². The van der Waals surface area contributed by atoms with Crippen molar-refractivity contribution in [2.75, 3.05) is 13.1 Å². The maximum absolute atomic E-state index is 12.6. The lowest BCUT2D eigenvalue weighted by atomic mass is 9.89. The third-order valence-electron chi connectivity index (χ3n) is 4.42. The molecule has 1 atom stereocenters. The Morgan fingerprint density at radius 3 is 2.64 bits per heavy atom. The maximum atomic E-state index is 12.6. The molecule has 3 rings (SSSR count). The molecule has 25 heavy (non-hydrogen) atoms. The Hall–Kier alpha value is -1.73. The van der Waals surface area contributed by atoms with Gasteiger partial charge in [-0.1, -0.05) is 12.1 Å². The fourth-order valence-corrected chi connectivity index (χ4v) is 4.01. The van der Waals surface area contributed by atoms with Crippen LogP contribution in [0.1, 0.15) is 38.6 Å². The zero-order chi connectivity index (χ0) is 18.0. The smallest absolute Gasteiger partial charge is 0.297 e. The molecule has 2 aromatic rings. The summed E-state index contributed by atoms with van der Waals surface area (Å²) < 4.78 is 37.9. The van der Waals surface area contributed by atoms with Crippen LogP contribution in [0.4, 0.5) is 13.2 Å². The lowest BCUT2D eigenvalue weighted by molar-refractivity contribution is -0.137. The number of piperidine rings is 1. The minimum absolute atomic E-state index is 0.0705. The van der Waals surface area contributed by atoms with E-state index >= 15 is 0 Å². The van der Waals surface area contributed by atoms with Gasteiger partial charge in [-0.05, 0) is 38.4 Å². The first-order chi connectivity index (χ1) is 11.8. The minimum Gasteiger partial charge on any atom is -0.297 e. The van der Waals surface area contributed by atoms with Gasteiger partial charge in [0, 0.05) is 35.6 Å². The third-order valence-corrected chi connectivity index (χ3v) is 5.32. The van der Waals surface area contributed by atoms with Crippen molar-refractivity contribution >= 4 is 17.1 Å². The van der Waals surface area contributed by atoms with Crippen LogP contribution in [-0.4, -0.2) is 28.8 Å². The van der Waals surface area contributed by atoms with Crippen molar-refractivity contribution in [3.05, 3.63) is 51.5 Å². The van der Waals surface area contributed by atoms with E-state index in [0.29, 0.717) is 12.1 Å². The molecule has 134 valence electrons. The van der Waals surface area contributed by atoms with Crippen molar-refractivity contribution in [1.29, 1.82) is 0 Å². The number of carbonyl (C=O) groups is 1. The van der Waals surface area contributed by atoms with E-state index in [-0.39, 0.29) is 11.7 Å². The SMILES string of the molecule is Cc1ncc(CN2CCCC(C(=O)c3ccc(C(F)(F)F)cc3)C2)s1. The highest BCUT2D eigenvalue weighted by atomic mass is 32.1. The molecule has 1 aliphatic heterocycles. The molecule has 0 saturated carbocycles. The molecule has 7 heteroatoms. The van der Waals surface area contributed by atoms with Crippen LogP contribution in [0, 0.1) is 12.8 Å². The fourth-order valence-electron chi connectivity index (χ4n) is 3.17. The monoisotopic (exact) mass is 368 g/mol. The first-order valence-corrected chi connectivity index (χ1v) is 9.00. The number of Topliss-reactive ketones (excluding diaryl/α,β-unsaturated/α-hetero) is 1. The van der Waals surface area contributed by atoms with E-state index in [9.17, 15) is 18.0 Å². The van der Waals surface area contributed by atoms with Gasteiger partial charge in [0.15, 0.2) is 5.78 Å². The first kappa shape index (κ1) is 18.1. The van der Waals surface area contributed by atoms with Crippen molar-refractivity contribution in [3.63, 3.8) is 0 Å². The number of alkyl halides is 3. The number of hydrogen-bond donors (Lipinski definition) is 0. The number of thiazole rings is 1. The van der Waals surface area contributed by atoms with Crippen LogP contribution in [0.3, 0.4) is 0 Å². The lowest BCUT2D eigenvalue weighted by Gasteiger charge is -2.31. The molecular weight excluding hydrogens is 349 g/mol.